The molecule has 0 unspecified atom stereocenters. The SMILES string of the molecule is Cc1cc(C)c(S(=O)(=O)N(CC(=O)Nc2cccc([N+](=O)[O-])c2)Cc2ccc(Cl)c(Cl)c2)c(C)c1. The summed E-state index contributed by atoms with van der Waals surface area (Å²) in [5, 5.41) is 14.1. The van der Waals surface area contributed by atoms with Crippen LogP contribution in [0.25, 0.3) is 0 Å². The number of nitrogens with one attached hydrogen (secondary N) is 1. The zero-order chi connectivity index (χ0) is 25.9. The maximum Gasteiger partial charge on any atom is 0.271 e. The molecule has 8 nitrogen and oxygen atoms in total. The number of anilines is 1. The third-order valence-electron chi connectivity index (χ3n) is 5.21. The number of aryl methyl sites for hydroxylation is 3. The molecule has 3 aromatic rings. The van der Waals surface area contributed by atoms with Crippen LogP contribution >= 0.6 is 23.2 Å². The quantitative estimate of drug-likeness (QED) is 0.295. The van der Waals surface area contributed by atoms with Gasteiger partial charge in [-0.25, -0.2) is 8.42 Å². The van der Waals surface area contributed by atoms with Crippen LogP contribution in [0.1, 0.15) is 22.3 Å². The maximum atomic E-state index is 13.8. The number of non-ortho nitro benzene ring substituents is 1. The van der Waals surface area contributed by atoms with Gasteiger partial charge in [0.25, 0.3) is 5.69 Å². The fraction of sp³-hybridized carbons (Fsp3) is 0.208. The average Bonchev–Trinajstić information content (AvgIpc) is 2.75. The third-order valence-corrected chi connectivity index (χ3v) is 8.04. The van der Waals surface area contributed by atoms with Crippen molar-refractivity contribution in [2.75, 3.05) is 11.9 Å². The predicted octanol–water partition coefficient (Wildman–Crippen LogP) is 5.66. The second kappa shape index (κ2) is 10.7. The molecule has 0 atom stereocenters. The minimum atomic E-state index is -4.12. The van der Waals surface area contributed by atoms with E-state index < -0.39 is 27.4 Å². The first-order valence-electron chi connectivity index (χ1n) is 10.4. The monoisotopic (exact) mass is 535 g/mol. The number of benzene rings is 3. The van der Waals surface area contributed by atoms with Gasteiger partial charge in [0, 0.05) is 24.4 Å². The molecule has 184 valence electrons. The van der Waals surface area contributed by atoms with Crippen LogP contribution < -0.4 is 5.32 Å². The summed E-state index contributed by atoms with van der Waals surface area (Å²) < 4.78 is 28.6. The highest BCUT2D eigenvalue weighted by Crippen LogP contribution is 2.28. The molecule has 0 bridgehead atoms. The summed E-state index contributed by atoms with van der Waals surface area (Å²) in [6.07, 6.45) is 0. The highest BCUT2D eigenvalue weighted by Gasteiger charge is 2.30. The number of carbonyl (C=O) groups excluding carboxylic acids is 1. The Morgan fingerprint density at radius 3 is 2.26 bits per heavy atom. The molecule has 0 spiro atoms. The molecule has 0 aliphatic rings. The molecule has 0 saturated heterocycles. The number of nitro benzene ring substituents is 1. The molecular weight excluding hydrogens is 513 g/mol. The van der Waals surface area contributed by atoms with E-state index in [1.165, 1.54) is 24.3 Å². The molecule has 35 heavy (non-hydrogen) atoms. The number of nitrogens with zero attached hydrogens (tertiary/aromatic N) is 2. The number of sulfonamides is 1. The van der Waals surface area contributed by atoms with Gasteiger partial charge in [-0.3, -0.25) is 14.9 Å². The van der Waals surface area contributed by atoms with E-state index in [4.69, 9.17) is 23.2 Å². The van der Waals surface area contributed by atoms with Crippen molar-refractivity contribution < 1.29 is 18.1 Å². The molecule has 1 amide bonds. The lowest BCUT2D eigenvalue weighted by atomic mass is 10.1. The first-order chi connectivity index (χ1) is 16.4. The smallest absolute Gasteiger partial charge is 0.271 e. The molecule has 1 N–H and O–H groups in total. The van der Waals surface area contributed by atoms with E-state index >= 15 is 0 Å². The summed E-state index contributed by atoms with van der Waals surface area (Å²) in [6.45, 7) is 4.60. The molecule has 0 heterocycles. The van der Waals surface area contributed by atoms with E-state index in [1.807, 2.05) is 6.92 Å². The molecule has 0 saturated carbocycles. The summed E-state index contributed by atoms with van der Waals surface area (Å²) in [6, 6.07) is 13.7. The Balaban J connectivity index is 1.98. The van der Waals surface area contributed by atoms with Crippen LogP contribution in [0.2, 0.25) is 10.0 Å². The first-order valence-corrected chi connectivity index (χ1v) is 12.6. The summed E-state index contributed by atoms with van der Waals surface area (Å²) in [5.41, 5.74) is 2.54. The van der Waals surface area contributed by atoms with E-state index in [9.17, 15) is 23.3 Å². The van der Waals surface area contributed by atoms with Crippen molar-refractivity contribution in [3.8, 4) is 0 Å². The highest BCUT2D eigenvalue weighted by molar-refractivity contribution is 7.89. The van der Waals surface area contributed by atoms with Gasteiger partial charge in [0.05, 0.1) is 26.4 Å². The van der Waals surface area contributed by atoms with E-state index in [2.05, 4.69) is 5.32 Å². The molecule has 0 aliphatic carbocycles. The topological polar surface area (TPSA) is 110 Å². The Hall–Kier alpha value is -2.98. The second-order valence-corrected chi connectivity index (χ2v) is 10.8. The number of amides is 1. The minimum absolute atomic E-state index is 0.117. The van der Waals surface area contributed by atoms with Crippen molar-refractivity contribution in [2.24, 2.45) is 0 Å². The van der Waals surface area contributed by atoms with Gasteiger partial charge in [-0.15, -0.1) is 0 Å². The van der Waals surface area contributed by atoms with Crippen molar-refractivity contribution in [3.05, 3.63) is 97.0 Å². The van der Waals surface area contributed by atoms with Gasteiger partial charge in [-0.1, -0.05) is 53.0 Å². The molecule has 0 radical (unpaired) electrons. The standard InChI is InChI=1S/C24H23Cl2N3O5S/c1-15-9-16(2)24(17(3)10-15)35(33,34)28(13-18-7-8-21(25)22(26)11-18)14-23(30)27-19-5-4-6-20(12-19)29(31)32/h4-12H,13-14H2,1-3H3,(H,27,30). The highest BCUT2D eigenvalue weighted by atomic mass is 35.5. The normalized spacial score (nSPS) is 11.5. The number of carbonyl (C=O) groups is 1. The molecule has 3 aromatic carbocycles. The third kappa shape index (κ3) is 6.37. The lowest BCUT2D eigenvalue weighted by Crippen LogP contribution is -2.38. The van der Waals surface area contributed by atoms with Crippen LogP contribution in [0.4, 0.5) is 11.4 Å². The van der Waals surface area contributed by atoms with Gasteiger partial charge in [-0.2, -0.15) is 4.31 Å². The van der Waals surface area contributed by atoms with Gasteiger partial charge in [-0.05, 0) is 55.7 Å². The molecule has 11 heteroatoms. The van der Waals surface area contributed by atoms with Crippen molar-refractivity contribution in [2.45, 2.75) is 32.2 Å². The van der Waals surface area contributed by atoms with Gasteiger partial charge >= 0.3 is 0 Å². The van der Waals surface area contributed by atoms with Crippen LogP contribution in [0.3, 0.4) is 0 Å². The van der Waals surface area contributed by atoms with Crippen molar-refractivity contribution in [1.29, 1.82) is 0 Å². The largest absolute Gasteiger partial charge is 0.325 e. The van der Waals surface area contributed by atoms with E-state index in [0.717, 1.165) is 9.87 Å². The predicted molar refractivity (Wildman–Crippen MR) is 136 cm³/mol. The average molecular weight is 536 g/mol. The van der Waals surface area contributed by atoms with Gasteiger partial charge in [0.2, 0.25) is 15.9 Å². The fourth-order valence-electron chi connectivity index (χ4n) is 3.83. The van der Waals surface area contributed by atoms with Crippen LogP contribution in [0.5, 0.6) is 0 Å². The van der Waals surface area contributed by atoms with Crippen LogP contribution in [-0.4, -0.2) is 30.1 Å². The first kappa shape index (κ1) is 26.6. The Labute approximate surface area is 213 Å². The van der Waals surface area contributed by atoms with Crippen LogP contribution in [0.15, 0.2) is 59.5 Å². The lowest BCUT2D eigenvalue weighted by Gasteiger charge is -2.24. The van der Waals surface area contributed by atoms with Crippen LogP contribution in [-0.2, 0) is 21.4 Å². The summed E-state index contributed by atoms with van der Waals surface area (Å²) in [7, 11) is -4.12. The van der Waals surface area contributed by atoms with E-state index in [1.54, 1.807) is 44.2 Å². The Bertz CT molecular complexity index is 1390. The number of nitro groups is 1. The molecule has 0 fully saturated rings. The molecular formula is C24H23Cl2N3O5S. The van der Waals surface area contributed by atoms with E-state index in [-0.39, 0.29) is 27.8 Å². The summed E-state index contributed by atoms with van der Waals surface area (Å²) in [4.78, 5) is 23.4. The molecule has 3 rings (SSSR count). The summed E-state index contributed by atoms with van der Waals surface area (Å²) in [5.74, 6) is -0.656. The van der Waals surface area contributed by atoms with Crippen molar-refractivity contribution in [1.82, 2.24) is 4.31 Å². The number of hydrogen-bond acceptors (Lipinski definition) is 5. The Morgan fingerprint density at radius 2 is 1.66 bits per heavy atom. The van der Waals surface area contributed by atoms with Gasteiger partial charge in [0.15, 0.2) is 0 Å². The number of halogens is 2. The zero-order valence-electron chi connectivity index (χ0n) is 19.2. The molecule has 0 aromatic heterocycles. The van der Waals surface area contributed by atoms with Crippen molar-refractivity contribution >= 4 is 50.5 Å². The minimum Gasteiger partial charge on any atom is -0.325 e. The summed E-state index contributed by atoms with van der Waals surface area (Å²) >= 11 is 12.1. The lowest BCUT2D eigenvalue weighted by molar-refractivity contribution is -0.384. The van der Waals surface area contributed by atoms with Gasteiger partial charge in [0.1, 0.15) is 0 Å². The van der Waals surface area contributed by atoms with Crippen LogP contribution in [0, 0.1) is 30.9 Å². The van der Waals surface area contributed by atoms with E-state index in [0.29, 0.717) is 21.7 Å². The maximum absolute atomic E-state index is 13.8. The van der Waals surface area contributed by atoms with Gasteiger partial charge < -0.3 is 5.32 Å². The van der Waals surface area contributed by atoms with Crippen molar-refractivity contribution in [3.63, 3.8) is 0 Å². The Kier molecular flexibility index (Phi) is 8.17. The number of hydrogen-bond donors (Lipinski definition) is 1. The second-order valence-electron chi connectivity index (χ2n) is 8.11. The molecule has 0 aliphatic heterocycles. The number of rotatable bonds is 8. The zero-order valence-corrected chi connectivity index (χ0v) is 21.5. The fourth-order valence-corrected chi connectivity index (χ4v) is 5.94. The Morgan fingerprint density at radius 1 is 1.00 bits per heavy atom.